The van der Waals surface area contributed by atoms with Crippen LogP contribution in [0, 0.1) is 13.8 Å². The first kappa shape index (κ1) is 8.71. The molecule has 3 heteroatoms. The first-order chi connectivity index (χ1) is 5.65. The monoisotopic (exact) mass is 166 g/mol. The summed E-state index contributed by atoms with van der Waals surface area (Å²) in [6.45, 7) is 3.48. The minimum absolute atomic E-state index is 0.0696. The molecule has 3 nitrogen and oxygen atoms in total. The molecule has 0 saturated heterocycles. The summed E-state index contributed by atoms with van der Waals surface area (Å²) in [6, 6.07) is 1.65. The Kier molecular flexibility index (Phi) is 2.43. The molecule has 0 spiro atoms. The van der Waals surface area contributed by atoms with Crippen molar-refractivity contribution in [1.82, 2.24) is 0 Å². The molecule has 1 aromatic heterocycles. The van der Waals surface area contributed by atoms with Gasteiger partial charge in [-0.05, 0) is 19.9 Å². The number of rotatable bonds is 3. The number of furan rings is 1. The van der Waals surface area contributed by atoms with Crippen molar-refractivity contribution in [1.29, 1.82) is 0 Å². The van der Waals surface area contributed by atoms with E-state index in [1.165, 1.54) is 0 Å². The third kappa shape index (κ3) is 1.61. The maximum atomic E-state index is 11.2. The van der Waals surface area contributed by atoms with E-state index in [0.717, 1.165) is 0 Å². The highest BCUT2D eigenvalue weighted by atomic mass is 16.3. The predicted molar refractivity (Wildman–Crippen MR) is 43.2 cm³/mol. The standard InChI is InChI=1S/C9H10O3/c1-6-5-8(7(2)12-6)9(11)3-4-10/h4-5H,3H2,1-2H3. The van der Waals surface area contributed by atoms with Crippen LogP contribution in [-0.4, -0.2) is 12.1 Å². The molecule has 0 fully saturated rings. The lowest BCUT2D eigenvalue weighted by Crippen LogP contribution is -1.99. The third-order valence-electron chi connectivity index (χ3n) is 1.61. The number of aryl methyl sites for hydroxylation is 2. The summed E-state index contributed by atoms with van der Waals surface area (Å²) < 4.78 is 5.15. The van der Waals surface area contributed by atoms with Crippen LogP contribution in [0.4, 0.5) is 0 Å². The van der Waals surface area contributed by atoms with Crippen LogP contribution in [-0.2, 0) is 4.79 Å². The van der Waals surface area contributed by atoms with Gasteiger partial charge in [0.05, 0.1) is 12.0 Å². The van der Waals surface area contributed by atoms with Gasteiger partial charge in [0.15, 0.2) is 5.78 Å². The van der Waals surface area contributed by atoms with Crippen LogP contribution in [0.1, 0.15) is 28.3 Å². The Hall–Kier alpha value is -1.38. The molecule has 64 valence electrons. The Morgan fingerprint density at radius 2 is 2.25 bits per heavy atom. The highest BCUT2D eigenvalue weighted by Crippen LogP contribution is 2.14. The summed E-state index contributed by atoms with van der Waals surface area (Å²) in [5.41, 5.74) is 0.514. The third-order valence-corrected chi connectivity index (χ3v) is 1.61. The lowest BCUT2D eigenvalue weighted by molar-refractivity contribution is -0.107. The number of Topliss-reactive ketones (excluding diaryl/α,β-unsaturated/α-hetero) is 1. The van der Waals surface area contributed by atoms with Gasteiger partial charge in [0, 0.05) is 0 Å². The maximum Gasteiger partial charge on any atom is 0.173 e. The zero-order valence-corrected chi connectivity index (χ0v) is 7.09. The van der Waals surface area contributed by atoms with Crippen LogP contribution in [0.3, 0.4) is 0 Å². The number of hydrogen-bond donors (Lipinski definition) is 0. The van der Waals surface area contributed by atoms with E-state index in [1.54, 1.807) is 19.9 Å². The molecule has 0 N–H and O–H groups in total. The van der Waals surface area contributed by atoms with Gasteiger partial charge in [0.1, 0.15) is 17.8 Å². The Bertz CT molecular complexity index is 310. The van der Waals surface area contributed by atoms with E-state index in [-0.39, 0.29) is 12.2 Å². The SMILES string of the molecule is Cc1cc(C(=O)CC=O)c(C)o1. The van der Waals surface area contributed by atoms with Crippen molar-refractivity contribution in [2.75, 3.05) is 0 Å². The van der Waals surface area contributed by atoms with E-state index in [0.29, 0.717) is 23.4 Å². The number of carbonyl (C=O) groups is 2. The van der Waals surface area contributed by atoms with Crippen molar-refractivity contribution >= 4 is 12.1 Å². The van der Waals surface area contributed by atoms with Crippen LogP contribution >= 0.6 is 0 Å². The van der Waals surface area contributed by atoms with Crippen molar-refractivity contribution in [2.24, 2.45) is 0 Å². The second-order valence-electron chi connectivity index (χ2n) is 2.62. The fourth-order valence-electron chi connectivity index (χ4n) is 1.09. The zero-order valence-electron chi connectivity index (χ0n) is 7.09. The Labute approximate surface area is 70.4 Å². The summed E-state index contributed by atoms with van der Waals surface area (Å²) in [6.07, 6.45) is 0.532. The molecule has 1 heterocycles. The summed E-state index contributed by atoms with van der Waals surface area (Å²) in [5, 5.41) is 0. The lowest BCUT2D eigenvalue weighted by Gasteiger charge is -1.90. The Morgan fingerprint density at radius 3 is 2.67 bits per heavy atom. The molecule has 0 bridgehead atoms. The summed E-state index contributed by atoms with van der Waals surface area (Å²) >= 11 is 0. The van der Waals surface area contributed by atoms with Gasteiger partial charge < -0.3 is 9.21 Å². The molecule has 0 atom stereocenters. The van der Waals surface area contributed by atoms with E-state index < -0.39 is 0 Å². The highest BCUT2D eigenvalue weighted by Gasteiger charge is 2.11. The molecule has 0 aromatic carbocycles. The molecule has 1 aromatic rings. The second kappa shape index (κ2) is 3.34. The topological polar surface area (TPSA) is 47.3 Å². The van der Waals surface area contributed by atoms with Crippen molar-refractivity contribution in [3.8, 4) is 0 Å². The average molecular weight is 166 g/mol. The molecule has 12 heavy (non-hydrogen) atoms. The molecule has 1 rings (SSSR count). The zero-order chi connectivity index (χ0) is 9.14. The lowest BCUT2D eigenvalue weighted by atomic mass is 10.1. The van der Waals surface area contributed by atoms with Gasteiger partial charge in [-0.15, -0.1) is 0 Å². The molecular formula is C9H10O3. The average Bonchev–Trinajstić information content (AvgIpc) is 2.30. The van der Waals surface area contributed by atoms with Gasteiger partial charge >= 0.3 is 0 Å². The van der Waals surface area contributed by atoms with Crippen LogP contribution < -0.4 is 0 Å². The first-order valence-corrected chi connectivity index (χ1v) is 3.69. The normalized spacial score (nSPS) is 9.83. The first-order valence-electron chi connectivity index (χ1n) is 3.69. The van der Waals surface area contributed by atoms with Gasteiger partial charge in [-0.25, -0.2) is 0 Å². The van der Waals surface area contributed by atoms with Gasteiger partial charge in [-0.3, -0.25) is 4.79 Å². The molecule has 0 amide bonds. The van der Waals surface area contributed by atoms with E-state index in [9.17, 15) is 9.59 Å². The van der Waals surface area contributed by atoms with E-state index in [1.807, 2.05) is 0 Å². The summed E-state index contributed by atoms with van der Waals surface area (Å²) in [5.74, 6) is 1.10. The molecule has 0 saturated carbocycles. The number of hydrogen-bond acceptors (Lipinski definition) is 3. The fourth-order valence-corrected chi connectivity index (χ4v) is 1.09. The van der Waals surface area contributed by atoms with Gasteiger partial charge in [0.25, 0.3) is 0 Å². The van der Waals surface area contributed by atoms with E-state index >= 15 is 0 Å². The predicted octanol–water partition coefficient (Wildman–Crippen LogP) is 1.67. The minimum atomic E-state index is -0.181. The maximum absolute atomic E-state index is 11.2. The molecular weight excluding hydrogens is 156 g/mol. The Balaban J connectivity index is 2.94. The van der Waals surface area contributed by atoms with E-state index in [4.69, 9.17) is 4.42 Å². The van der Waals surface area contributed by atoms with Crippen molar-refractivity contribution in [3.63, 3.8) is 0 Å². The Morgan fingerprint density at radius 1 is 1.58 bits per heavy atom. The minimum Gasteiger partial charge on any atom is -0.466 e. The molecule has 0 aliphatic rings. The molecule has 0 radical (unpaired) electrons. The van der Waals surface area contributed by atoms with E-state index in [2.05, 4.69) is 0 Å². The largest absolute Gasteiger partial charge is 0.466 e. The van der Waals surface area contributed by atoms with Crippen molar-refractivity contribution in [2.45, 2.75) is 20.3 Å². The fraction of sp³-hybridized carbons (Fsp3) is 0.333. The number of carbonyl (C=O) groups excluding carboxylic acids is 2. The van der Waals surface area contributed by atoms with Gasteiger partial charge in [0.2, 0.25) is 0 Å². The number of ketones is 1. The van der Waals surface area contributed by atoms with Crippen molar-refractivity contribution in [3.05, 3.63) is 23.2 Å². The van der Waals surface area contributed by atoms with Gasteiger partial charge in [-0.1, -0.05) is 0 Å². The van der Waals surface area contributed by atoms with Crippen LogP contribution in [0.25, 0.3) is 0 Å². The highest BCUT2D eigenvalue weighted by molar-refractivity contribution is 6.03. The molecule has 0 aliphatic heterocycles. The van der Waals surface area contributed by atoms with Crippen LogP contribution in [0.15, 0.2) is 10.5 Å². The molecule has 0 aliphatic carbocycles. The number of aldehydes is 1. The molecule has 0 unspecified atom stereocenters. The smallest absolute Gasteiger partial charge is 0.173 e. The van der Waals surface area contributed by atoms with Crippen LogP contribution in [0.5, 0.6) is 0 Å². The van der Waals surface area contributed by atoms with Crippen molar-refractivity contribution < 1.29 is 14.0 Å². The van der Waals surface area contributed by atoms with Crippen LogP contribution in [0.2, 0.25) is 0 Å². The quantitative estimate of drug-likeness (QED) is 0.390. The second-order valence-corrected chi connectivity index (χ2v) is 2.62. The summed E-state index contributed by atoms with van der Waals surface area (Å²) in [4.78, 5) is 21.2. The summed E-state index contributed by atoms with van der Waals surface area (Å²) in [7, 11) is 0. The van der Waals surface area contributed by atoms with Gasteiger partial charge in [-0.2, -0.15) is 0 Å².